The SMILES string of the molecule is O[C@H]1C[C@@H](c2ccc(Cl)cc2)c2cc(Cl)ccc21. The molecule has 1 nitrogen and oxygen atoms in total. The molecule has 2 aromatic carbocycles. The largest absolute Gasteiger partial charge is 0.388 e. The molecule has 0 aliphatic heterocycles. The number of aliphatic hydroxyl groups is 1. The van der Waals surface area contributed by atoms with Crippen molar-refractivity contribution in [1.82, 2.24) is 0 Å². The van der Waals surface area contributed by atoms with Crippen LogP contribution in [-0.4, -0.2) is 5.11 Å². The molecule has 2 atom stereocenters. The lowest BCUT2D eigenvalue weighted by atomic mass is 9.93. The van der Waals surface area contributed by atoms with Crippen LogP contribution < -0.4 is 0 Å². The van der Waals surface area contributed by atoms with E-state index < -0.39 is 6.10 Å². The highest BCUT2D eigenvalue weighted by Crippen LogP contribution is 2.44. The highest BCUT2D eigenvalue weighted by molar-refractivity contribution is 6.30. The van der Waals surface area contributed by atoms with Crippen LogP contribution in [-0.2, 0) is 0 Å². The number of fused-ring (bicyclic) bond motifs is 1. The molecule has 1 N–H and O–H groups in total. The van der Waals surface area contributed by atoms with E-state index in [2.05, 4.69) is 0 Å². The normalized spacial score (nSPS) is 21.9. The van der Waals surface area contributed by atoms with Crippen molar-refractivity contribution in [1.29, 1.82) is 0 Å². The van der Waals surface area contributed by atoms with Crippen molar-refractivity contribution in [3.8, 4) is 0 Å². The Labute approximate surface area is 116 Å². The standard InChI is InChI=1S/C15H12Cl2O/c16-10-3-1-9(2-4-10)13-8-15(18)12-6-5-11(17)7-14(12)13/h1-7,13,15,18H,8H2/t13-,15-/m0/s1. The second-order valence-corrected chi connectivity index (χ2v) is 5.50. The summed E-state index contributed by atoms with van der Waals surface area (Å²) in [5.41, 5.74) is 3.27. The molecule has 0 bridgehead atoms. The first-order valence-electron chi connectivity index (χ1n) is 5.88. The van der Waals surface area contributed by atoms with E-state index in [-0.39, 0.29) is 5.92 Å². The molecule has 0 heterocycles. The summed E-state index contributed by atoms with van der Waals surface area (Å²) in [6.45, 7) is 0. The summed E-state index contributed by atoms with van der Waals surface area (Å²) in [4.78, 5) is 0. The highest BCUT2D eigenvalue weighted by atomic mass is 35.5. The van der Waals surface area contributed by atoms with Gasteiger partial charge in [0.1, 0.15) is 0 Å². The van der Waals surface area contributed by atoms with Crippen molar-refractivity contribution in [2.75, 3.05) is 0 Å². The van der Waals surface area contributed by atoms with Crippen molar-refractivity contribution in [3.63, 3.8) is 0 Å². The lowest BCUT2D eigenvalue weighted by molar-refractivity contribution is 0.176. The average Bonchev–Trinajstić information content (AvgIpc) is 2.67. The monoisotopic (exact) mass is 278 g/mol. The number of rotatable bonds is 1. The molecule has 1 aliphatic rings. The third-order valence-corrected chi connectivity index (χ3v) is 4.00. The molecule has 18 heavy (non-hydrogen) atoms. The number of hydrogen-bond donors (Lipinski definition) is 1. The van der Waals surface area contributed by atoms with Gasteiger partial charge in [0.05, 0.1) is 6.10 Å². The molecular weight excluding hydrogens is 267 g/mol. The van der Waals surface area contributed by atoms with Gasteiger partial charge in [0.2, 0.25) is 0 Å². The van der Waals surface area contributed by atoms with Crippen molar-refractivity contribution < 1.29 is 5.11 Å². The van der Waals surface area contributed by atoms with Crippen LogP contribution in [0.15, 0.2) is 42.5 Å². The van der Waals surface area contributed by atoms with E-state index in [1.54, 1.807) is 0 Å². The zero-order valence-electron chi connectivity index (χ0n) is 9.61. The molecule has 3 heteroatoms. The molecular formula is C15H12Cl2O. The van der Waals surface area contributed by atoms with Gasteiger partial charge >= 0.3 is 0 Å². The second kappa shape index (κ2) is 4.58. The van der Waals surface area contributed by atoms with Gasteiger partial charge in [0.25, 0.3) is 0 Å². The van der Waals surface area contributed by atoms with Crippen LogP contribution in [0.1, 0.15) is 35.1 Å². The molecule has 0 amide bonds. The molecule has 2 aromatic rings. The first-order valence-corrected chi connectivity index (χ1v) is 6.63. The zero-order chi connectivity index (χ0) is 12.7. The third kappa shape index (κ3) is 2.03. The van der Waals surface area contributed by atoms with Crippen LogP contribution in [0.25, 0.3) is 0 Å². The summed E-state index contributed by atoms with van der Waals surface area (Å²) in [5.74, 6) is 0.200. The fraction of sp³-hybridized carbons (Fsp3) is 0.200. The van der Waals surface area contributed by atoms with E-state index in [1.165, 1.54) is 5.56 Å². The van der Waals surface area contributed by atoms with Crippen LogP contribution in [0.4, 0.5) is 0 Å². The van der Waals surface area contributed by atoms with Crippen molar-refractivity contribution in [2.24, 2.45) is 0 Å². The Kier molecular flexibility index (Phi) is 3.06. The maximum Gasteiger partial charge on any atom is 0.0802 e. The minimum absolute atomic E-state index is 0.200. The van der Waals surface area contributed by atoms with E-state index in [4.69, 9.17) is 23.2 Å². The Morgan fingerprint density at radius 1 is 0.889 bits per heavy atom. The Morgan fingerprint density at radius 3 is 2.28 bits per heavy atom. The van der Waals surface area contributed by atoms with Gasteiger partial charge in [0.15, 0.2) is 0 Å². The fourth-order valence-electron chi connectivity index (χ4n) is 2.64. The lowest BCUT2D eigenvalue weighted by Crippen LogP contribution is -1.96. The van der Waals surface area contributed by atoms with E-state index in [0.29, 0.717) is 11.4 Å². The Bertz CT molecular complexity index is 578. The molecule has 0 unspecified atom stereocenters. The van der Waals surface area contributed by atoms with E-state index in [0.717, 1.165) is 16.1 Å². The van der Waals surface area contributed by atoms with Crippen molar-refractivity contribution >= 4 is 23.2 Å². The maximum absolute atomic E-state index is 10.1. The smallest absolute Gasteiger partial charge is 0.0802 e. The van der Waals surface area contributed by atoms with Gasteiger partial charge in [-0.05, 0) is 47.4 Å². The predicted molar refractivity (Wildman–Crippen MR) is 74.3 cm³/mol. The fourth-order valence-corrected chi connectivity index (χ4v) is 2.95. The van der Waals surface area contributed by atoms with Crippen LogP contribution in [0.2, 0.25) is 10.0 Å². The van der Waals surface area contributed by atoms with Crippen molar-refractivity contribution in [2.45, 2.75) is 18.4 Å². The number of halogens is 2. The summed E-state index contributed by atoms with van der Waals surface area (Å²) in [6.07, 6.45) is 0.301. The average molecular weight is 279 g/mol. The Balaban J connectivity index is 2.06. The minimum Gasteiger partial charge on any atom is -0.388 e. The lowest BCUT2D eigenvalue weighted by Gasteiger charge is -2.12. The summed E-state index contributed by atoms with van der Waals surface area (Å²) >= 11 is 11.9. The first kappa shape index (κ1) is 12.0. The molecule has 3 rings (SSSR count). The van der Waals surface area contributed by atoms with Crippen molar-refractivity contribution in [3.05, 3.63) is 69.2 Å². The second-order valence-electron chi connectivity index (χ2n) is 4.63. The van der Waals surface area contributed by atoms with E-state index in [9.17, 15) is 5.11 Å². The van der Waals surface area contributed by atoms with Gasteiger partial charge in [-0.2, -0.15) is 0 Å². The van der Waals surface area contributed by atoms with Gasteiger partial charge in [-0.25, -0.2) is 0 Å². The highest BCUT2D eigenvalue weighted by Gasteiger charge is 2.30. The van der Waals surface area contributed by atoms with Crippen LogP contribution >= 0.6 is 23.2 Å². The molecule has 92 valence electrons. The van der Waals surface area contributed by atoms with E-state index in [1.807, 2.05) is 42.5 Å². The third-order valence-electron chi connectivity index (χ3n) is 3.51. The number of benzene rings is 2. The summed E-state index contributed by atoms with van der Waals surface area (Å²) in [7, 11) is 0. The molecule has 0 fully saturated rings. The molecule has 0 saturated heterocycles. The van der Waals surface area contributed by atoms with Gasteiger partial charge < -0.3 is 5.11 Å². The minimum atomic E-state index is -0.405. The number of hydrogen-bond acceptors (Lipinski definition) is 1. The first-order chi connectivity index (χ1) is 8.65. The molecule has 1 aliphatic carbocycles. The molecule has 0 saturated carbocycles. The molecule has 0 aromatic heterocycles. The quantitative estimate of drug-likeness (QED) is 0.811. The summed E-state index contributed by atoms with van der Waals surface area (Å²) in [5, 5.41) is 11.5. The van der Waals surface area contributed by atoms with Gasteiger partial charge in [0, 0.05) is 16.0 Å². The topological polar surface area (TPSA) is 20.2 Å². The maximum atomic E-state index is 10.1. The number of aliphatic hydroxyl groups excluding tert-OH is 1. The Morgan fingerprint density at radius 2 is 1.56 bits per heavy atom. The summed E-state index contributed by atoms with van der Waals surface area (Å²) in [6, 6.07) is 13.5. The van der Waals surface area contributed by atoms with Crippen LogP contribution in [0.3, 0.4) is 0 Å². The molecule has 0 radical (unpaired) electrons. The van der Waals surface area contributed by atoms with Crippen LogP contribution in [0.5, 0.6) is 0 Å². The van der Waals surface area contributed by atoms with Gasteiger partial charge in [-0.15, -0.1) is 0 Å². The van der Waals surface area contributed by atoms with Gasteiger partial charge in [-0.1, -0.05) is 41.4 Å². The molecule has 0 spiro atoms. The predicted octanol–water partition coefficient (Wildman–Crippen LogP) is 4.56. The summed E-state index contributed by atoms with van der Waals surface area (Å²) < 4.78 is 0. The van der Waals surface area contributed by atoms with E-state index >= 15 is 0 Å². The Hall–Kier alpha value is -1.02. The zero-order valence-corrected chi connectivity index (χ0v) is 11.1. The van der Waals surface area contributed by atoms with Gasteiger partial charge in [-0.3, -0.25) is 0 Å². The van der Waals surface area contributed by atoms with Crippen LogP contribution in [0, 0.1) is 0 Å².